The molecular weight excluding hydrogens is 216 g/mol. The molecule has 1 aliphatic rings. The SMILES string of the molecule is Cc1cc(C)c(CO)c(N2CCCC2CO)n1. The third-order valence-corrected chi connectivity index (χ3v) is 3.47. The van der Waals surface area contributed by atoms with Gasteiger partial charge in [-0.2, -0.15) is 0 Å². The molecule has 94 valence electrons. The number of nitrogens with zero attached hydrogens (tertiary/aromatic N) is 2. The molecule has 1 saturated heterocycles. The Morgan fingerprint density at radius 2 is 2.18 bits per heavy atom. The molecule has 2 heterocycles. The standard InChI is InChI=1S/C13H20N2O2/c1-9-6-10(2)14-13(12(9)8-17)15-5-3-4-11(15)7-16/h6,11,16-17H,3-5,7-8H2,1-2H3. The third kappa shape index (κ3) is 2.28. The Morgan fingerprint density at radius 3 is 2.82 bits per heavy atom. The van der Waals surface area contributed by atoms with E-state index in [1.54, 1.807) is 0 Å². The maximum atomic E-state index is 9.48. The topological polar surface area (TPSA) is 56.6 Å². The van der Waals surface area contributed by atoms with Gasteiger partial charge in [0, 0.05) is 17.8 Å². The van der Waals surface area contributed by atoms with E-state index in [0.717, 1.165) is 42.0 Å². The first-order valence-electron chi connectivity index (χ1n) is 6.13. The van der Waals surface area contributed by atoms with E-state index in [-0.39, 0.29) is 19.3 Å². The van der Waals surface area contributed by atoms with Crippen LogP contribution >= 0.6 is 0 Å². The summed E-state index contributed by atoms with van der Waals surface area (Å²) < 4.78 is 0. The van der Waals surface area contributed by atoms with Crippen LogP contribution in [0.15, 0.2) is 6.07 Å². The van der Waals surface area contributed by atoms with E-state index in [2.05, 4.69) is 9.88 Å². The van der Waals surface area contributed by atoms with Crippen molar-refractivity contribution in [2.45, 2.75) is 39.3 Å². The van der Waals surface area contributed by atoms with Crippen molar-refractivity contribution in [1.82, 2.24) is 4.98 Å². The van der Waals surface area contributed by atoms with Crippen molar-refractivity contribution in [2.75, 3.05) is 18.1 Å². The van der Waals surface area contributed by atoms with Crippen molar-refractivity contribution in [3.63, 3.8) is 0 Å². The molecule has 0 aromatic carbocycles. The molecule has 4 nitrogen and oxygen atoms in total. The monoisotopic (exact) mass is 236 g/mol. The minimum atomic E-state index is 0.00307. The first-order valence-corrected chi connectivity index (χ1v) is 6.13. The predicted octanol–water partition coefficient (Wildman–Crippen LogP) is 1.15. The Morgan fingerprint density at radius 1 is 1.41 bits per heavy atom. The maximum absolute atomic E-state index is 9.48. The van der Waals surface area contributed by atoms with E-state index in [1.807, 2.05) is 19.9 Å². The van der Waals surface area contributed by atoms with Crippen molar-refractivity contribution in [3.8, 4) is 0 Å². The summed E-state index contributed by atoms with van der Waals surface area (Å²) in [7, 11) is 0. The highest BCUT2D eigenvalue weighted by Gasteiger charge is 2.27. The van der Waals surface area contributed by atoms with E-state index in [9.17, 15) is 10.2 Å². The first-order chi connectivity index (χ1) is 8.17. The predicted molar refractivity (Wildman–Crippen MR) is 67.1 cm³/mol. The zero-order chi connectivity index (χ0) is 12.4. The molecule has 0 spiro atoms. The van der Waals surface area contributed by atoms with Gasteiger partial charge >= 0.3 is 0 Å². The molecule has 0 aliphatic carbocycles. The van der Waals surface area contributed by atoms with E-state index in [1.165, 1.54) is 0 Å². The van der Waals surface area contributed by atoms with Gasteiger partial charge in [-0.15, -0.1) is 0 Å². The van der Waals surface area contributed by atoms with Crippen LogP contribution < -0.4 is 4.90 Å². The van der Waals surface area contributed by atoms with Crippen LogP contribution in [-0.4, -0.2) is 34.4 Å². The van der Waals surface area contributed by atoms with Gasteiger partial charge in [-0.05, 0) is 38.3 Å². The fraction of sp³-hybridized carbons (Fsp3) is 0.615. The molecule has 1 aromatic heterocycles. The molecule has 0 amide bonds. The highest BCUT2D eigenvalue weighted by atomic mass is 16.3. The number of anilines is 1. The molecule has 1 unspecified atom stereocenters. The van der Waals surface area contributed by atoms with Gasteiger partial charge in [0.15, 0.2) is 0 Å². The molecule has 2 rings (SSSR count). The van der Waals surface area contributed by atoms with E-state index < -0.39 is 0 Å². The van der Waals surface area contributed by atoms with Crippen molar-refractivity contribution in [1.29, 1.82) is 0 Å². The van der Waals surface area contributed by atoms with Gasteiger partial charge in [0.25, 0.3) is 0 Å². The molecule has 2 N–H and O–H groups in total. The summed E-state index contributed by atoms with van der Waals surface area (Å²) >= 11 is 0. The summed E-state index contributed by atoms with van der Waals surface area (Å²) in [5.41, 5.74) is 2.91. The second-order valence-corrected chi connectivity index (χ2v) is 4.71. The van der Waals surface area contributed by atoms with E-state index in [0.29, 0.717) is 0 Å². The van der Waals surface area contributed by atoms with Crippen LogP contribution in [0.2, 0.25) is 0 Å². The van der Waals surface area contributed by atoms with E-state index in [4.69, 9.17) is 0 Å². The van der Waals surface area contributed by atoms with Crippen molar-refractivity contribution < 1.29 is 10.2 Å². The van der Waals surface area contributed by atoms with Crippen LogP contribution in [0.3, 0.4) is 0 Å². The normalized spacial score (nSPS) is 20.0. The summed E-state index contributed by atoms with van der Waals surface area (Å²) in [6, 6.07) is 2.13. The number of hydrogen-bond acceptors (Lipinski definition) is 4. The lowest BCUT2D eigenvalue weighted by molar-refractivity contribution is 0.263. The van der Waals surface area contributed by atoms with Gasteiger partial charge in [0.1, 0.15) is 5.82 Å². The molecule has 0 saturated carbocycles. The average Bonchev–Trinajstić information content (AvgIpc) is 2.75. The summed E-state index contributed by atoms with van der Waals surface area (Å²) in [5.74, 6) is 0.849. The highest BCUT2D eigenvalue weighted by molar-refractivity contribution is 5.52. The van der Waals surface area contributed by atoms with Gasteiger partial charge in [0.2, 0.25) is 0 Å². The van der Waals surface area contributed by atoms with Gasteiger partial charge in [0.05, 0.1) is 19.3 Å². The fourth-order valence-electron chi connectivity index (χ4n) is 2.58. The minimum Gasteiger partial charge on any atom is -0.394 e. The summed E-state index contributed by atoms with van der Waals surface area (Å²) in [5, 5.41) is 18.8. The zero-order valence-corrected chi connectivity index (χ0v) is 10.5. The summed E-state index contributed by atoms with van der Waals surface area (Å²) in [6.45, 7) is 5.02. The molecule has 0 bridgehead atoms. The molecule has 1 fully saturated rings. The Kier molecular flexibility index (Phi) is 3.64. The lowest BCUT2D eigenvalue weighted by Gasteiger charge is -2.27. The third-order valence-electron chi connectivity index (χ3n) is 3.47. The van der Waals surface area contributed by atoms with Gasteiger partial charge in [-0.3, -0.25) is 0 Å². The Balaban J connectivity index is 2.42. The van der Waals surface area contributed by atoms with Crippen LogP contribution in [-0.2, 0) is 6.61 Å². The van der Waals surface area contributed by atoms with Gasteiger partial charge < -0.3 is 15.1 Å². The second kappa shape index (κ2) is 5.02. The van der Waals surface area contributed by atoms with E-state index >= 15 is 0 Å². The quantitative estimate of drug-likeness (QED) is 0.826. The average molecular weight is 236 g/mol. The lowest BCUT2D eigenvalue weighted by atomic mass is 10.1. The number of pyridine rings is 1. The summed E-state index contributed by atoms with van der Waals surface area (Å²) in [6.07, 6.45) is 2.07. The van der Waals surface area contributed by atoms with Crippen molar-refractivity contribution >= 4 is 5.82 Å². The Hall–Kier alpha value is -1.13. The van der Waals surface area contributed by atoms with Crippen LogP contribution in [0.5, 0.6) is 0 Å². The Bertz CT molecular complexity index is 407. The zero-order valence-electron chi connectivity index (χ0n) is 10.5. The molecule has 1 aromatic rings. The molecule has 1 aliphatic heterocycles. The largest absolute Gasteiger partial charge is 0.394 e. The molecule has 4 heteroatoms. The smallest absolute Gasteiger partial charge is 0.134 e. The first kappa shape index (κ1) is 12.3. The second-order valence-electron chi connectivity index (χ2n) is 4.71. The summed E-state index contributed by atoms with van der Waals surface area (Å²) in [4.78, 5) is 6.67. The number of aliphatic hydroxyl groups is 2. The van der Waals surface area contributed by atoms with Crippen molar-refractivity contribution in [3.05, 3.63) is 22.9 Å². The lowest BCUT2D eigenvalue weighted by Crippen LogP contribution is -2.33. The molecule has 17 heavy (non-hydrogen) atoms. The molecule has 1 atom stereocenters. The van der Waals surface area contributed by atoms with Crippen LogP contribution in [0.25, 0.3) is 0 Å². The van der Waals surface area contributed by atoms with Gasteiger partial charge in [-0.1, -0.05) is 0 Å². The van der Waals surface area contributed by atoms with Crippen LogP contribution in [0.1, 0.15) is 29.7 Å². The number of aryl methyl sites for hydroxylation is 2. The number of aliphatic hydroxyl groups excluding tert-OH is 2. The van der Waals surface area contributed by atoms with Crippen LogP contribution in [0, 0.1) is 13.8 Å². The molecular formula is C13H20N2O2. The molecule has 0 radical (unpaired) electrons. The number of aromatic nitrogens is 1. The fourth-order valence-corrected chi connectivity index (χ4v) is 2.58. The minimum absolute atomic E-state index is 0.00307. The number of rotatable bonds is 3. The number of hydrogen-bond donors (Lipinski definition) is 2. The maximum Gasteiger partial charge on any atom is 0.134 e. The highest BCUT2D eigenvalue weighted by Crippen LogP contribution is 2.29. The van der Waals surface area contributed by atoms with Crippen molar-refractivity contribution in [2.24, 2.45) is 0 Å². The van der Waals surface area contributed by atoms with Crippen LogP contribution in [0.4, 0.5) is 5.82 Å². The Labute approximate surface area is 102 Å². The van der Waals surface area contributed by atoms with Gasteiger partial charge in [-0.25, -0.2) is 4.98 Å².